The van der Waals surface area contributed by atoms with Crippen molar-refractivity contribution in [3.63, 3.8) is 0 Å². The van der Waals surface area contributed by atoms with E-state index in [1.807, 2.05) is 6.92 Å². The number of unbranched alkanes of at least 4 members (excludes halogenated alkanes) is 1. The van der Waals surface area contributed by atoms with Crippen LogP contribution in [0.15, 0.2) is 0 Å². The van der Waals surface area contributed by atoms with E-state index in [1.165, 1.54) is 0 Å². The average molecular weight is 269 g/mol. The fraction of sp³-hybridized carbons (Fsp3) is 0.867. The number of carboxylic acids is 1. The molecular weight excluding hydrogens is 242 g/mol. The second-order valence-corrected chi connectivity index (χ2v) is 6.07. The Balaban J connectivity index is 2.62. The smallest absolute Gasteiger partial charge is 0.311 e. The maximum atomic E-state index is 12.1. The lowest BCUT2D eigenvalue weighted by Crippen LogP contribution is -2.53. The molecule has 2 N–H and O–H groups in total. The van der Waals surface area contributed by atoms with Gasteiger partial charge >= 0.3 is 5.97 Å². The Bertz CT molecular complexity index is 329. The SMILES string of the molecule is CCCCC(C)C(=O)NC1CCCCC1(C)C(=O)O. The molecule has 3 atom stereocenters. The Morgan fingerprint density at radius 2 is 2.11 bits per heavy atom. The Morgan fingerprint density at radius 1 is 1.42 bits per heavy atom. The Labute approximate surface area is 116 Å². The second kappa shape index (κ2) is 6.92. The summed E-state index contributed by atoms with van der Waals surface area (Å²) in [7, 11) is 0. The van der Waals surface area contributed by atoms with E-state index in [2.05, 4.69) is 12.2 Å². The van der Waals surface area contributed by atoms with Crippen LogP contribution < -0.4 is 5.32 Å². The monoisotopic (exact) mass is 269 g/mol. The van der Waals surface area contributed by atoms with Crippen molar-refractivity contribution >= 4 is 11.9 Å². The van der Waals surface area contributed by atoms with E-state index < -0.39 is 11.4 Å². The molecule has 0 aromatic rings. The molecule has 0 heterocycles. The highest BCUT2D eigenvalue weighted by atomic mass is 16.4. The van der Waals surface area contributed by atoms with Crippen LogP contribution in [0.5, 0.6) is 0 Å². The highest BCUT2D eigenvalue weighted by Crippen LogP contribution is 2.36. The molecule has 19 heavy (non-hydrogen) atoms. The summed E-state index contributed by atoms with van der Waals surface area (Å²) in [4.78, 5) is 23.6. The van der Waals surface area contributed by atoms with Gasteiger partial charge in [-0.3, -0.25) is 9.59 Å². The van der Waals surface area contributed by atoms with Gasteiger partial charge in [0.2, 0.25) is 5.91 Å². The molecule has 0 aromatic heterocycles. The third-order valence-electron chi connectivity index (χ3n) is 4.45. The van der Waals surface area contributed by atoms with Gasteiger partial charge in [0.25, 0.3) is 0 Å². The molecule has 1 saturated carbocycles. The fourth-order valence-electron chi connectivity index (χ4n) is 2.78. The van der Waals surface area contributed by atoms with Crippen LogP contribution in [0.1, 0.15) is 65.7 Å². The number of hydrogen-bond acceptors (Lipinski definition) is 2. The summed E-state index contributed by atoms with van der Waals surface area (Å²) in [6.45, 7) is 5.79. The highest BCUT2D eigenvalue weighted by Gasteiger charge is 2.44. The molecule has 4 nitrogen and oxygen atoms in total. The minimum absolute atomic E-state index is 0.00725. The maximum absolute atomic E-state index is 12.1. The van der Waals surface area contributed by atoms with Crippen LogP contribution >= 0.6 is 0 Å². The maximum Gasteiger partial charge on any atom is 0.311 e. The molecule has 0 radical (unpaired) electrons. The number of rotatable bonds is 6. The summed E-state index contributed by atoms with van der Waals surface area (Å²) in [5, 5.41) is 12.4. The first-order chi connectivity index (χ1) is 8.91. The van der Waals surface area contributed by atoms with E-state index in [0.717, 1.165) is 38.5 Å². The lowest BCUT2D eigenvalue weighted by Gasteiger charge is -2.38. The predicted molar refractivity (Wildman–Crippen MR) is 74.8 cm³/mol. The number of carbonyl (C=O) groups excluding carboxylic acids is 1. The molecule has 1 fully saturated rings. The molecule has 1 aliphatic rings. The van der Waals surface area contributed by atoms with Crippen molar-refractivity contribution in [1.82, 2.24) is 5.32 Å². The van der Waals surface area contributed by atoms with Crippen LogP contribution in [0.3, 0.4) is 0 Å². The molecule has 1 amide bonds. The van der Waals surface area contributed by atoms with Gasteiger partial charge in [0.1, 0.15) is 0 Å². The van der Waals surface area contributed by atoms with Crippen molar-refractivity contribution in [1.29, 1.82) is 0 Å². The quantitative estimate of drug-likeness (QED) is 0.779. The van der Waals surface area contributed by atoms with Crippen molar-refractivity contribution in [2.24, 2.45) is 11.3 Å². The van der Waals surface area contributed by atoms with E-state index in [1.54, 1.807) is 6.92 Å². The molecule has 0 bridgehead atoms. The molecule has 0 saturated heterocycles. The van der Waals surface area contributed by atoms with Crippen molar-refractivity contribution in [2.45, 2.75) is 71.8 Å². The molecule has 0 aromatic carbocycles. The number of carboxylic acid groups (broad SMARTS) is 1. The molecular formula is C15H27NO3. The summed E-state index contributed by atoms with van der Waals surface area (Å²) < 4.78 is 0. The van der Waals surface area contributed by atoms with Gasteiger partial charge in [0.15, 0.2) is 0 Å². The summed E-state index contributed by atoms with van der Waals surface area (Å²) in [5.41, 5.74) is -0.807. The molecule has 0 spiro atoms. The Kier molecular flexibility index (Phi) is 5.83. The summed E-state index contributed by atoms with van der Waals surface area (Å²) in [5.74, 6) is -0.813. The van der Waals surface area contributed by atoms with Gasteiger partial charge in [-0.1, -0.05) is 39.5 Å². The second-order valence-electron chi connectivity index (χ2n) is 6.07. The Hall–Kier alpha value is -1.06. The van der Waals surface area contributed by atoms with Crippen LogP contribution in [-0.4, -0.2) is 23.0 Å². The van der Waals surface area contributed by atoms with Gasteiger partial charge in [-0.15, -0.1) is 0 Å². The van der Waals surface area contributed by atoms with Gasteiger partial charge in [0.05, 0.1) is 5.41 Å². The van der Waals surface area contributed by atoms with E-state index in [9.17, 15) is 14.7 Å². The van der Waals surface area contributed by atoms with Gasteiger partial charge in [-0.2, -0.15) is 0 Å². The molecule has 1 rings (SSSR count). The summed E-state index contributed by atoms with van der Waals surface area (Å²) in [6, 6.07) is -0.227. The van der Waals surface area contributed by atoms with Crippen molar-refractivity contribution in [3.8, 4) is 0 Å². The minimum atomic E-state index is -0.807. The Morgan fingerprint density at radius 3 is 2.68 bits per heavy atom. The zero-order valence-corrected chi connectivity index (χ0v) is 12.4. The zero-order chi connectivity index (χ0) is 14.5. The fourth-order valence-corrected chi connectivity index (χ4v) is 2.78. The normalized spacial score (nSPS) is 28.7. The molecule has 1 aliphatic carbocycles. The van der Waals surface area contributed by atoms with Gasteiger partial charge in [-0.05, 0) is 26.2 Å². The first-order valence-corrected chi connectivity index (χ1v) is 7.45. The standard InChI is InChI=1S/C15H27NO3/c1-4-5-8-11(2)13(17)16-12-9-6-7-10-15(12,3)14(18)19/h11-12H,4-10H2,1-3H3,(H,16,17)(H,18,19). The lowest BCUT2D eigenvalue weighted by molar-refractivity contribution is -0.152. The van der Waals surface area contributed by atoms with Crippen LogP contribution in [0.2, 0.25) is 0 Å². The number of nitrogens with one attached hydrogen (secondary N) is 1. The van der Waals surface area contributed by atoms with E-state index >= 15 is 0 Å². The van der Waals surface area contributed by atoms with Crippen LogP contribution in [0, 0.1) is 11.3 Å². The van der Waals surface area contributed by atoms with Crippen molar-refractivity contribution < 1.29 is 14.7 Å². The van der Waals surface area contributed by atoms with E-state index in [-0.39, 0.29) is 17.9 Å². The first kappa shape index (κ1) is 16.0. The lowest BCUT2D eigenvalue weighted by atomic mass is 9.71. The zero-order valence-electron chi connectivity index (χ0n) is 12.4. The minimum Gasteiger partial charge on any atom is -0.481 e. The molecule has 3 unspecified atom stereocenters. The van der Waals surface area contributed by atoms with Gasteiger partial charge in [0, 0.05) is 12.0 Å². The van der Waals surface area contributed by atoms with Crippen molar-refractivity contribution in [3.05, 3.63) is 0 Å². The number of amides is 1. The van der Waals surface area contributed by atoms with Crippen LogP contribution in [0.4, 0.5) is 0 Å². The third-order valence-corrected chi connectivity index (χ3v) is 4.45. The van der Waals surface area contributed by atoms with E-state index in [4.69, 9.17) is 0 Å². The molecule has 0 aliphatic heterocycles. The highest BCUT2D eigenvalue weighted by molar-refractivity contribution is 5.81. The number of hydrogen-bond donors (Lipinski definition) is 2. The van der Waals surface area contributed by atoms with Gasteiger partial charge in [-0.25, -0.2) is 0 Å². The predicted octanol–water partition coefficient (Wildman–Crippen LogP) is 2.96. The third kappa shape index (κ3) is 3.95. The molecule has 4 heteroatoms. The molecule has 110 valence electrons. The first-order valence-electron chi connectivity index (χ1n) is 7.45. The van der Waals surface area contributed by atoms with Crippen LogP contribution in [0.25, 0.3) is 0 Å². The summed E-state index contributed by atoms with van der Waals surface area (Å²) >= 11 is 0. The van der Waals surface area contributed by atoms with E-state index in [0.29, 0.717) is 6.42 Å². The average Bonchev–Trinajstić information content (AvgIpc) is 2.38. The largest absolute Gasteiger partial charge is 0.481 e. The van der Waals surface area contributed by atoms with Crippen molar-refractivity contribution in [2.75, 3.05) is 0 Å². The summed E-state index contributed by atoms with van der Waals surface area (Å²) in [6.07, 6.45) is 6.34. The van der Waals surface area contributed by atoms with Gasteiger partial charge < -0.3 is 10.4 Å². The topological polar surface area (TPSA) is 66.4 Å². The number of carbonyl (C=O) groups is 2. The number of aliphatic carboxylic acids is 1. The van der Waals surface area contributed by atoms with Crippen LogP contribution in [-0.2, 0) is 9.59 Å².